The number of ether oxygens (including phenoxy) is 1. The molecule has 2 aromatic rings. The van der Waals surface area contributed by atoms with Gasteiger partial charge in [0.15, 0.2) is 0 Å². The normalized spacial score (nSPS) is 12.4. The third-order valence-corrected chi connectivity index (χ3v) is 3.94. The average molecular weight is 262 g/mol. The zero-order valence-corrected chi connectivity index (χ0v) is 11.5. The predicted molar refractivity (Wildman–Crippen MR) is 75.8 cm³/mol. The molecule has 18 heavy (non-hydrogen) atoms. The van der Waals surface area contributed by atoms with Gasteiger partial charge in [0.05, 0.1) is 12.6 Å². The minimum Gasteiger partial charge on any atom is -0.494 e. The van der Waals surface area contributed by atoms with Crippen molar-refractivity contribution in [2.45, 2.75) is 19.9 Å². The van der Waals surface area contributed by atoms with Crippen molar-refractivity contribution in [3.63, 3.8) is 0 Å². The summed E-state index contributed by atoms with van der Waals surface area (Å²) < 4.78 is 5.67. The van der Waals surface area contributed by atoms with Crippen molar-refractivity contribution in [3.8, 4) is 5.75 Å². The topological polar surface area (TPSA) is 47.3 Å². The van der Waals surface area contributed by atoms with E-state index in [9.17, 15) is 0 Å². The largest absolute Gasteiger partial charge is 0.494 e. The molecule has 1 aromatic heterocycles. The maximum absolute atomic E-state index is 5.73. The summed E-state index contributed by atoms with van der Waals surface area (Å²) in [6.07, 6.45) is 0. The van der Waals surface area contributed by atoms with Crippen LogP contribution in [-0.4, -0.2) is 6.61 Å². The number of rotatable bonds is 5. The highest BCUT2D eigenvalue weighted by Crippen LogP contribution is 2.33. The summed E-state index contributed by atoms with van der Waals surface area (Å²) in [5.41, 5.74) is 5.21. The lowest BCUT2D eigenvalue weighted by atomic mass is 10.0. The van der Waals surface area contributed by atoms with Crippen LogP contribution >= 0.6 is 11.3 Å². The van der Waals surface area contributed by atoms with E-state index in [1.54, 1.807) is 11.3 Å². The van der Waals surface area contributed by atoms with Crippen LogP contribution in [0.1, 0.15) is 29.0 Å². The maximum atomic E-state index is 5.73. The number of nitrogens with one attached hydrogen (secondary N) is 1. The van der Waals surface area contributed by atoms with Crippen LogP contribution in [-0.2, 0) is 0 Å². The van der Waals surface area contributed by atoms with E-state index < -0.39 is 0 Å². The Morgan fingerprint density at radius 1 is 1.33 bits per heavy atom. The van der Waals surface area contributed by atoms with Gasteiger partial charge in [0.1, 0.15) is 5.75 Å². The Morgan fingerprint density at radius 2 is 2.11 bits per heavy atom. The smallest absolute Gasteiger partial charge is 0.124 e. The number of thiophene rings is 1. The summed E-state index contributed by atoms with van der Waals surface area (Å²) in [6.45, 7) is 4.73. The Kier molecular flexibility index (Phi) is 4.36. The number of hydrogen-bond acceptors (Lipinski definition) is 4. The number of benzene rings is 1. The fraction of sp³-hybridized carbons (Fsp3) is 0.286. The van der Waals surface area contributed by atoms with Crippen LogP contribution in [0, 0.1) is 6.92 Å². The van der Waals surface area contributed by atoms with Gasteiger partial charge in [-0.2, -0.15) is 0 Å². The van der Waals surface area contributed by atoms with Crippen molar-refractivity contribution in [2.75, 3.05) is 6.61 Å². The van der Waals surface area contributed by atoms with Gasteiger partial charge in [-0.15, -0.1) is 11.3 Å². The van der Waals surface area contributed by atoms with E-state index in [0.29, 0.717) is 6.61 Å². The number of nitrogens with two attached hydrogens (primary N) is 1. The minimum atomic E-state index is -0.0206. The first kappa shape index (κ1) is 13.1. The van der Waals surface area contributed by atoms with Gasteiger partial charge in [-0.1, -0.05) is 18.2 Å². The summed E-state index contributed by atoms with van der Waals surface area (Å²) >= 11 is 1.71. The summed E-state index contributed by atoms with van der Waals surface area (Å²) in [5, 5.41) is 2.08. The average Bonchev–Trinajstić information content (AvgIpc) is 2.79. The molecule has 0 aliphatic carbocycles. The molecule has 0 bridgehead atoms. The van der Waals surface area contributed by atoms with Gasteiger partial charge in [0.25, 0.3) is 0 Å². The molecule has 3 N–H and O–H groups in total. The molecule has 0 saturated carbocycles. The van der Waals surface area contributed by atoms with Crippen LogP contribution < -0.4 is 16.0 Å². The molecule has 0 radical (unpaired) electrons. The first-order valence-electron chi connectivity index (χ1n) is 5.99. The van der Waals surface area contributed by atoms with Crippen LogP contribution in [0.5, 0.6) is 5.75 Å². The second-order valence-electron chi connectivity index (χ2n) is 4.04. The molecule has 0 fully saturated rings. The Labute approximate surface area is 112 Å². The monoisotopic (exact) mass is 262 g/mol. The molecule has 0 spiro atoms. The van der Waals surface area contributed by atoms with Crippen molar-refractivity contribution in [1.82, 2.24) is 5.43 Å². The number of para-hydroxylation sites is 1. The number of hydrazine groups is 1. The van der Waals surface area contributed by atoms with E-state index in [1.807, 2.05) is 25.1 Å². The van der Waals surface area contributed by atoms with Crippen LogP contribution in [0.4, 0.5) is 0 Å². The fourth-order valence-corrected chi connectivity index (χ4v) is 3.00. The van der Waals surface area contributed by atoms with E-state index in [-0.39, 0.29) is 6.04 Å². The number of aryl methyl sites for hydroxylation is 1. The molecule has 0 aliphatic heterocycles. The molecule has 0 saturated heterocycles. The standard InChI is InChI=1S/C14H18N2OS/c1-3-17-12-7-5-4-6-11(12)13(16-15)14-10(2)8-9-18-14/h4-9,13,16H,3,15H2,1-2H3. The highest BCUT2D eigenvalue weighted by molar-refractivity contribution is 7.10. The number of hydrogen-bond donors (Lipinski definition) is 2. The molecule has 1 unspecified atom stereocenters. The quantitative estimate of drug-likeness (QED) is 0.643. The second kappa shape index (κ2) is 6.00. The first-order valence-corrected chi connectivity index (χ1v) is 6.87. The van der Waals surface area contributed by atoms with Gasteiger partial charge in [-0.3, -0.25) is 5.84 Å². The molecule has 1 heterocycles. The fourth-order valence-electron chi connectivity index (χ4n) is 1.99. The van der Waals surface area contributed by atoms with Crippen molar-refractivity contribution >= 4 is 11.3 Å². The highest BCUT2D eigenvalue weighted by atomic mass is 32.1. The van der Waals surface area contributed by atoms with Crippen LogP contribution in [0.15, 0.2) is 35.7 Å². The lowest BCUT2D eigenvalue weighted by Crippen LogP contribution is -2.29. The third kappa shape index (κ3) is 2.56. The van der Waals surface area contributed by atoms with E-state index in [0.717, 1.165) is 11.3 Å². The van der Waals surface area contributed by atoms with Crippen molar-refractivity contribution in [2.24, 2.45) is 5.84 Å². The predicted octanol–water partition coefficient (Wildman–Crippen LogP) is 3.01. The Morgan fingerprint density at radius 3 is 2.72 bits per heavy atom. The van der Waals surface area contributed by atoms with Crippen molar-refractivity contribution < 1.29 is 4.74 Å². The van der Waals surface area contributed by atoms with Gasteiger partial charge >= 0.3 is 0 Å². The first-order chi connectivity index (χ1) is 8.77. The molecule has 0 aliphatic rings. The molecule has 2 rings (SSSR count). The van der Waals surface area contributed by atoms with Gasteiger partial charge in [0.2, 0.25) is 0 Å². The summed E-state index contributed by atoms with van der Waals surface area (Å²) in [5.74, 6) is 6.62. The van der Waals surface area contributed by atoms with E-state index >= 15 is 0 Å². The van der Waals surface area contributed by atoms with Gasteiger partial charge in [-0.05, 0) is 36.9 Å². The molecule has 1 aromatic carbocycles. The molecular formula is C14H18N2OS. The van der Waals surface area contributed by atoms with Crippen LogP contribution in [0.25, 0.3) is 0 Å². The lowest BCUT2D eigenvalue weighted by Gasteiger charge is -2.19. The van der Waals surface area contributed by atoms with Crippen LogP contribution in [0.3, 0.4) is 0 Å². The minimum absolute atomic E-state index is 0.0206. The Hall–Kier alpha value is -1.36. The highest BCUT2D eigenvalue weighted by Gasteiger charge is 2.19. The Bertz CT molecular complexity index is 510. The molecule has 96 valence electrons. The SMILES string of the molecule is CCOc1ccccc1C(NN)c1sccc1C. The van der Waals surface area contributed by atoms with Crippen LogP contribution in [0.2, 0.25) is 0 Å². The van der Waals surface area contributed by atoms with E-state index in [1.165, 1.54) is 10.4 Å². The molecule has 1 atom stereocenters. The van der Waals surface area contributed by atoms with Gasteiger partial charge < -0.3 is 4.74 Å². The van der Waals surface area contributed by atoms with Crippen molar-refractivity contribution in [3.05, 3.63) is 51.7 Å². The zero-order chi connectivity index (χ0) is 13.0. The summed E-state index contributed by atoms with van der Waals surface area (Å²) in [7, 11) is 0. The molecule has 4 heteroatoms. The van der Waals surface area contributed by atoms with Gasteiger partial charge in [-0.25, -0.2) is 5.43 Å². The lowest BCUT2D eigenvalue weighted by molar-refractivity contribution is 0.333. The summed E-state index contributed by atoms with van der Waals surface area (Å²) in [6, 6.07) is 10.1. The molecule has 0 amide bonds. The van der Waals surface area contributed by atoms with E-state index in [2.05, 4.69) is 29.9 Å². The van der Waals surface area contributed by atoms with Gasteiger partial charge in [0, 0.05) is 10.4 Å². The molecular weight excluding hydrogens is 244 g/mol. The zero-order valence-electron chi connectivity index (χ0n) is 10.6. The Balaban J connectivity index is 2.42. The third-order valence-electron chi connectivity index (χ3n) is 2.86. The summed E-state index contributed by atoms with van der Waals surface area (Å²) in [4.78, 5) is 1.23. The maximum Gasteiger partial charge on any atom is 0.124 e. The second-order valence-corrected chi connectivity index (χ2v) is 4.99. The molecule has 3 nitrogen and oxygen atoms in total. The van der Waals surface area contributed by atoms with E-state index in [4.69, 9.17) is 10.6 Å². The van der Waals surface area contributed by atoms with Crippen molar-refractivity contribution in [1.29, 1.82) is 0 Å².